The zero-order valence-electron chi connectivity index (χ0n) is 10.7. The summed E-state index contributed by atoms with van der Waals surface area (Å²) in [6, 6.07) is 4.08. The van der Waals surface area contributed by atoms with E-state index in [-0.39, 0.29) is 17.8 Å². The number of rotatable bonds is 2. The Labute approximate surface area is 115 Å². The van der Waals surface area contributed by atoms with E-state index in [2.05, 4.69) is 43.3 Å². The van der Waals surface area contributed by atoms with Crippen molar-refractivity contribution in [2.24, 2.45) is 5.41 Å². The van der Waals surface area contributed by atoms with E-state index in [1.54, 1.807) is 12.4 Å². The largest absolute Gasteiger partial charge is 0.359 e. The van der Waals surface area contributed by atoms with Crippen molar-refractivity contribution in [1.82, 2.24) is 10.3 Å². The predicted molar refractivity (Wildman–Crippen MR) is 79.8 cm³/mol. The van der Waals surface area contributed by atoms with Gasteiger partial charge in [0.15, 0.2) is 5.11 Å². The number of nitrogens with one attached hydrogen (secondary N) is 2. The normalized spacial score (nSPS) is 12.2. The third-order valence-corrected chi connectivity index (χ3v) is 2.80. The smallest absolute Gasteiger partial charge is 0.171 e. The molecule has 1 rings (SSSR count). The Morgan fingerprint density at radius 1 is 1.29 bits per heavy atom. The number of anilines is 1. The third-order valence-electron chi connectivity index (χ3n) is 2.58. The highest BCUT2D eigenvalue weighted by Gasteiger charge is 2.20. The Morgan fingerprint density at radius 2 is 1.82 bits per heavy atom. The van der Waals surface area contributed by atoms with Gasteiger partial charge in [-0.15, -0.1) is 12.4 Å². The van der Waals surface area contributed by atoms with Crippen LogP contribution in [0.2, 0.25) is 0 Å². The summed E-state index contributed by atoms with van der Waals surface area (Å²) in [4.78, 5) is 3.95. The summed E-state index contributed by atoms with van der Waals surface area (Å²) in [7, 11) is 0. The first-order chi connectivity index (χ1) is 7.39. The summed E-state index contributed by atoms with van der Waals surface area (Å²) in [5.74, 6) is 0. The maximum atomic E-state index is 5.24. The van der Waals surface area contributed by atoms with Gasteiger partial charge >= 0.3 is 0 Å². The number of hydrogen-bond acceptors (Lipinski definition) is 2. The van der Waals surface area contributed by atoms with Gasteiger partial charge in [0, 0.05) is 24.1 Å². The fraction of sp³-hybridized carbons (Fsp3) is 0.500. The highest BCUT2D eigenvalue weighted by Crippen LogP contribution is 2.18. The van der Waals surface area contributed by atoms with Gasteiger partial charge in [0.2, 0.25) is 0 Å². The molecule has 96 valence electrons. The highest BCUT2D eigenvalue weighted by molar-refractivity contribution is 7.80. The lowest BCUT2D eigenvalue weighted by Crippen LogP contribution is -2.43. The predicted octanol–water partition coefficient (Wildman–Crippen LogP) is 3.22. The van der Waals surface area contributed by atoms with Gasteiger partial charge in [-0.1, -0.05) is 20.8 Å². The molecule has 1 aromatic rings. The first-order valence-corrected chi connectivity index (χ1v) is 5.78. The van der Waals surface area contributed by atoms with Gasteiger partial charge in [0.1, 0.15) is 0 Å². The van der Waals surface area contributed by atoms with Crippen molar-refractivity contribution < 1.29 is 0 Å². The molecule has 0 aliphatic carbocycles. The van der Waals surface area contributed by atoms with Crippen LogP contribution in [-0.2, 0) is 0 Å². The topological polar surface area (TPSA) is 37.0 Å². The van der Waals surface area contributed by atoms with E-state index in [0.29, 0.717) is 11.2 Å². The van der Waals surface area contributed by atoms with Gasteiger partial charge in [-0.2, -0.15) is 0 Å². The van der Waals surface area contributed by atoms with Crippen molar-refractivity contribution in [2.75, 3.05) is 5.32 Å². The quantitative estimate of drug-likeness (QED) is 0.812. The standard InChI is InChI=1S/C12H19N3S.ClH/c1-9(12(2,3)4)14-11(16)15-10-5-7-13-8-6-10;/h5-9H,1-4H3,(H2,13,14,15,16);1H/t9-;/m0./s1. The first-order valence-electron chi connectivity index (χ1n) is 5.37. The van der Waals surface area contributed by atoms with Crippen LogP contribution in [0.5, 0.6) is 0 Å². The van der Waals surface area contributed by atoms with Crippen LogP contribution in [0.25, 0.3) is 0 Å². The average molecular weight is 274 g/mol. The molecule has 1 heterocycles. The SMILES string of the molecule is C[C@H](NC(=S)Nc1ccncc1)C(C)(C)C.Cl. The maximum absolute atomic E-state index is 5.24. The molecule has 0 aliphatic rings. The zero-order valence-corrected chi connectivity index (χ0v) is 12.3. The van der Waals surface area contributed by atoms with Gasteiger partial charge in [-0.05, 0) is 36.7 Å². The average Bonchev–Trinajstić information content (AvgIpc) is 2.17. The Balaban J connectivity index is 0.00000256. The summed E-state index contributed by atoms with van der Waals surface area (Å²) >= 11 is 5.24. The Bertz CT molecular complexity index is 349. The van der Waals surface area contributed by atoms with Crippen molar-refractivity contribution in [3.05, 3.63) is 24.5 Å². The summed E-state index contributed by atoms with van der Waals surface area (Å²) in [6.07, 6.45) is 3.47. The molecule has 0 saturated heterocycles. The van der Waals surface area contributed by atoms with Gasteiger partial charge in [0.25, 0.3) is 0 Å². The van der Waals surface area contributed by atoms with Crippen LogP contribution >= 0.6 is 24.6 Å². The molecule has 0 aliphatic heterocycles. The minimum atomic E-state index is 0. The van der Waals surface area contributed by atoms with Crippen LogP contribution in [0, 0.1) is 5.41 Å². The molecular formula is C12H20ClN3S. The summed E-state index contributed by atoms with van der Waals surface area (Å²) < 4.78 is 0. The second-order valence-electron chi connectivity index (χ2n) is 4.92. The Hall–Kier alpha value is -0.870. The number of nitrogens with zero attached hydrogens (tertiary/aromatic N) is 1. The third kappa shape index (κ3) is 5.84. The summed E-state index contributed by atoms with van der Waals surface area (Å²) in [5, 5.41) is 7.04. The fourth-order valence-electron chi connectivity index (χ4n) is 1.02. The van der Waals surface area contributed by atoms with Crippen molar-refractivity contribution in [1.29, 1.82) is 0 Å². The van der Waals surface area contributed by atoms with E-state index >= 15 is 0 Å². The van der Waals surface area contributed by atoms with Crippen molar-refractivity contribution >= 4 is 35.4 Å². The second-order valence-corrected chi connectivity index (χ2v) is 5.33. The van der Waals surface area contributed by atoms with Crippen LogP contribution in [0.3, 0.4) is 0 Å². The second kappa shape index (κ2) is 6.77. The van der Waals surface area contributed by atoms with Gasteiger partial charge < -0.3 is 10.6 Å². The Kier molecular flexibility index (Phi) is 6.42. The molecule has 0 bridgehead atoms. The molecule has 1 atom stereocenters. The molecule has 2 N–H and O–H groups in total. The lowest BCUT2D eigenvalue weighted by atomic mass is 9.88. The van der Waals surface area contributed by atoms with Gasteiger partial charge in [-0.25, -0.2) is 0 Å². The number of aromatic nitrogens is 1. The molecular weight excluding hydrogens is 254 g/mol. The van der Waals surface area contributed by atoms with E-state index in [4.69, 9.17) is 12.2 Å². The number of thiocarbonyl (C=S) groups is 1. The molecule has 0 radical (unpaired) electrons. The fourth-order valence-corrected chi connectivity index (χ4v) is 1.31. The maximum Gasteiger partial charge on any atom is 0.171 e. The van der Waals surface area contributed by atoms with Crippen LogP contribution in [0.4, 0.5) is 5.69 Å². The van der Waals surface area contributed by atoms with Crippen molar-refractivity contribution in [3.8, 4) is 0 Å². The first kappa shape index (κ1) is 16.1. The van der Waals surface area contributed by atoms with Crippen LogP contribution in [-0.4, -0.2) is 16.1 Å². The van der Waals surface area contributed by atoms with E-state index in [1.165, 1.54) is 0 Å². The Morgan fingerprint density at radius 3 is 2.29 bits per heavy atom. The molecule has 0 amide bonds. The highest BCUT2D eigenvalue weighted by atomic mass is 35.5. The van der Waals surface area contributed by atoms with Crippen LogP contribution in [0.15, 0.2) is 24.5 Å². The summed E-state index contributed by atoms with van der Waals surface area (Å²) in [6.45, 7) is 8.67. The molecule has 3 nitrogen and oxygen atoms in total. The van der Waals surface area contributed by atoms with Gasteiger partial charge in [-0.3, -0.25) is 4.98 Å². The molecule has 0 fully saturated rings. The molecule has 0 unspecified atom stereocenters. The molecule has 17 heavy (non-hydrogen) atoms. The van der Waals surface area contributed by atoms with E-state index in [9.17, 15) is 0 Å². The van der Waals surface area contributed by atoms with Crippen LogP contribution < -0.4 is 10.6 Å². The van der Waals surface area contributed by atoms with Crippen molar-refractivity contribution in [3.63, 3.8) is 0 Å². The number of pyridine rings is 1. The lowest BCUT2D eigenvalue weighted by Gasteiger charge is -2.29. The monoisotopic (exact) mass is 273 g/mol. The van der Waals surface area contributed by atoms with Crippen molar-refractivity contribution in [2.45, 2.75) is 33.7 Å². The molecule has 1 aromatic heterocycles. The number of halogens is 1. The zero-order chi connectivity index (χ0) is 12.2. The molecule has 0 aromatic carbocycles. The molecule has 0 saturated carbocycles. The summed E-state index contributed by atoms with van der Waals surface area (Å²) in [5.41, 5.74) is 1.14. The lowest BCUT2D eigenvalue weighted by molar-refractivity contribution is 0.317. The van der Waals surface area contributed by atoms with E-state index in [0.717, 1.165) is 5.69 Å². The number of hydrogen-bond donors (Lipinski definition) is 2. The van der Waals surface area contributed by atoms with Crippen LogP contribution in [0.1, 0.15) is 27.7 Å². The minimum absolute atomic E-state index is 0. The molecule has 5 heteroatoms. The minimum Gasteiger partial charge on any atom is -0.359 e. The van der Waals surface area contributed by atoms with E-state index < -0.39 is 0 Å². The van der Waals surface area contributed by atoms with Gasteiger partial charge in [0.05, 0.1) is 0 Å². The van der Waals surface area contributed by atoms with E-state index in [1.807, 2.05) is 12.1 Å². The molecule has 0 spiro atoms.